The summed E-state index contributed by atoms with van der Waals surface area (Å²) in [5.41, 5.74) is 9.28. The maximum Gasteiger partial charge on any atom is 0.166 e. The zero-order valence-electron chi connectivity index (χ0n) is 13.2. The van der Waals surface area contributed by atoms with E-state index in [0.717, 1.165) is 16.5 Å². The van der Waals surface area contributed by atoms with Crippen molar-refractivity contribution in [3.8, 4) is 0 Å². The normalized spacial score (nSPS) is 11.7. The van der Waals surface area contributed by atoms with Gasteiger partial charge >= 0.3 is 0 Å². The third-order valence-electron chi connectivity index (χ3n) is 3.72. The summed E-state index contributed by atoms with van der Waals surface area (Å²) >= 11 is 0. The Hall–Kier alpha value is -3.19. The standard InChI is InChI=1S/C17H18N6O/c1-11(22-24)15-7-5-14(18)17(21-15)23(19)10-12-4-6-16-13(9-12)3-2-8-20-16/h2-9,24H,10,18-19H2,1H3/b22-11-. The minimum absolute atomic E-state index is 0.390. The van der Waals surface area contributed by atoms with Crippen molar-refractivity contribution < 1.29 is 5.21 Å². The van der Waals surface area contributed by atoms with Crippen molar-refractivity contribution in [1.29, 1.82) is 0 Å². The lowest BCUT2D eigenvalue weighted by atomic mass is 10.1. The molecule has 0 saturated heterocycles. The van der Waals surface area contributed by atoms with Crippen LogP contribution < -0.4 is 16.6 Å². The molecule has 5 N–H and O–H groups in total. The number of hydrogen-bond donors (Lipinski definition) is 3. The van der Waals surface area contributed by atoms with Crippen LogP contribution in [0.25, 0.3) is 10.9 Å². The van der Waals surface area contributed by atoms with E-state index in [9.17, 15) is 0 Å². The van der Waals surface area contributed by atoms with Gasteiger partial charge in [0.05, 0.1) is 23.4 Å². The lowest BCUT2D eigenvalue weighted by Gasteiger charge is -2.20. The summed E-state index contributed by atoms with van der Waals surface area (Å²) in [5.74, 6) is 6.59. The zero-order valence-corrected chi connectivity index (χ0v) is 13.2. The van der Waals surface area contributed by atoms with E-state index in [4.69, 9.17) is 16.8 Å². The molecule has 1 aromatic carbocycles. The predicted molar refractivity (Wildman–Crippen MR) is 94.8 cm³/mol. The Morgan fingerprint density at radius 1 is 1.25 bits per heavy atom. The molecule has 122 valence electrons. The van der Waals surface area contributed by atoms with Gasteiger partial charge in [0.25, 0.3) is 0 Å². The molecule has 0 aliphatic carbocycles. The average Bonchev–Trinajstić information content (AvgIpc) is 2.61. The third kappa shape index (κ3) is 3.11. The highest BCUT2D eigenvalue weighted by Gasteiger charge is 2.12. The van der Waals surface area contributed by atoms with Crippen LogP contribution in [0.3, 0.4) is 0 Å². The Morgan fingerprint density at radius 2 is 2.08 bits per heavy atom. The fraction of sp³-hybridized carbons (Fsp3) is 0.118. The van der Waals surface area contributed by atoms with Crippen molar-refractivity contribution in [2.45, 2.75) is 13.5 Å². The number of benzene rings is 1. The van der Waals surface area contributed by atoms with Crippen molar-refractivity contribution in [2.24, 2.45) is 11.0 Å². The lowest BCUT2D eigenvalue weighted by Crippen LogP contribution is -2.32. The maximum atomic E-state index is 8.89. The number of pyridine rings is 2. The van der Waals surface area contributed by atoms with Gasteiger partial charge < -0.3 is 10.9 Å². The van der Waals surface area contributed by atoms with Gasteiger partial charge in [-0.2, -0.15) is 0 Å². The summed E-state index contributed by atoms with van der Waals surface area (Å²) in [6, 6.07) is 13.2. The van der Waals surface area contributed by atoms with E-state index in [0.29, 0.717) is 29.5 Å². The summed E-state index contributed by atoms with van der Waals surface area (Å²) in [4.78, 5) is 8.67. The van der Waals surface area contributed by atoms with Crippen LogP contribution in [0.5, 0.6) is 0 Å². The van der Waals surface area contributed by atoms with E-state index >= 15 is 0 Å². The predicted octanol–water partition coefficient (Wildman–Crippen LogP) is 2.29. The molecule has 24 heavy (non-hydrogen) atoms. The highest BCUT2D eigenvalue weighted by atomic mass is 16.4. The molecular formula is C17H18N6O. The molecule has 0 spiro atoms. The van der Waals surface area contributed by atoms with Crippen LogP contribution in [0.2, 0.25) is 0 Å². The van der Waals surface area contributed by atoms with Crippen LogP contribution >= 0.6 is 0 Å². The van der Waals surface area contributed by atoms with E-state index in [-0.39, 0.29) is 0 Å². The Balaban J connectivity index is 1.89. The first kappa shape index (κ1) is 15.7. The number of rotatable bonds is 4. The number of hydrazine groups is 1. The molecule has 0 saturated carbocycles. The first-order valence-electron chi connectivity index (χ1n) is 7.40. The SMILES string of the molecule is C/C(=N/O)c1ccc(N)c(N(N)Cc2ccc3ncccc3c2)n1. The number of anilines is 2. The van der Waals surface area contributed by atoms with Crippen molar-refractivity contribution in [2.75, 3.05) is 10.7 Å². The number of hydrogen-bond acceptors (Lipinski definition) is 7. The molecule has 0 bridgehead atoms. The van der Waals surface area contributed by atoms with Gasteiger partial charge in [0.1, 0.15) is 5.71 Å². The summed E-state index contributed by atoms with van der Waals surface area (Å²) in [7, 11) is 0. The Morgan fingerprint density at radius 3 is 2.88 bits per heavy atom. The van der Waals surface area contributed by atoms with Gasteiger partial charge in [-0.15, -0.1) is 0 Å². The highest BCUT2D eigenvalue weighted by Crippen LogP contribution is 2.22. The fourth-order valence-electron chi connectivity index (χ4n) is 2.44. The van der Waals surface area contributed by atoms with Gasteiger partial charge in [-0.3, -0.25) is 9.99 Å². The number of fused-ring (bicyclic) bond motifs is 1. The van der Waals surface area contributed by atoms with Crippen LogP contribution in [-0.2, 0) is 6.54 Å². The van der Waals surface area contributed by atoms with Crippen LogP contribution in [0.4, 0.5) is 11.5 Å². The zero-order chi connectivity index (χ0) is 17.1. The number of oxime groups is 1. The van der Waals surface area contributed by atoms with E-state index in [1.54, 1.807) is 25.3 Å². The Labute approximate surface area is 139 Å². The second-order valence-corrected chi connectivity index (χ2v) is 5.45. The van der Waals surface area contributed by atoms with Gasteiger partial charge in [0.15, 0.2) is 5.82 Å². The summed E-state index contributed by atoms with van der Waals surface area (Å²) < 4.78 is 0. The number of nitrogens with two attached hydrogens (primary N) is 2. The topological polar surface area (TPSA) is 114 Å². The first-order chi connectivity index (χ1) is 11.6. The molecule has 7 nitrogen and oxygen atoms in total. The van der Waals surface area contributed by atoms with E-state index < -0.39 is 0 Å². The summed E-state index contributed by atoms with van der Waals surface area (Å²) in [6.45, 7) is 2.08. The van der Waals surface area contributed by atoms with Gasteiger partial charge in [0, 0.05) is 11.6 Å². The van der Waals surface area contributed by atoms with Crippen molar-refractivity contribution >= 4 is 28.1 Å². The number of aromatic nitrogens is 2. The molecule has 3 rings (SSSR count). The molecule has 0 unspecified atom stereocenters. The van der Waals surface area contributed by atoms with Crippen molar-refractivity contribution in [1.82, 2.24) is 9.97 Å². The Kier molecular flexibility index (Phi) is 4.26. The molecule has 0 aliphatic rings. The molecular weight excluding hydrogens is 304 g/mol. The van der Waals surface area contributed by atoms with Gasteiger partial charge in [-0.05, 0) is 42.8 Å². The van der Waals surface area contributed by atoms with Gasteiger partial charge in [0.2, 0.25) is 0 Å². The molecule has 2 heterocycles. The fourth-order valence-corrected chi connectivity index (χ4v) is 2.44. The highest BCUT2D eigenvalue weighted by molar-refractivity contribution is 5.97. The van der Waals surface area contributed by atoms with Gasteiger partial charge in [-0.25, -0.2) is 10.8 Å². The number of nitrogens with zero attached hydrogens (tertiary/aromatic N) is 4. The third-order valence-corrected chi connectivity index (χ3v) is 3.72. The molecule has 3 aromatic rings. The summed E-state index contributed by atoms with van der Waals surface area (Å²) in [5, 5.41) is 14.6. The lowest BCUT2D eigenvalue weighted by molar-refractivity contribution is 0.319. The first-order valence-corrected chi connectivity index (χ1v) is 7.40. The minimum Gasteiger partial charge on any atom is -0.411 e. The van der Waals surface area contributed by atoms with Crippen LogP contribution in [-0.4, -0.2) is 20.9 Å². The van der Waals surface area contributed by atoms with Crippen LogP contribution in [0.15, 0.2) is 53.8 Å². The molecule has 0 radical (unpaired) electrons. The maximum absolute atomic E-state index is 8.89. The van der Waals surface area contributed by atoms with Crippen LogP contribution in [0, 0.1) is 0 Å². The van der Waals surface area contributed by atoms with E-state index in [2.05, 4.69) is 15.1 Å². The second-order valence-electron chi connectivity index (χ2n) is 5.45. The van der Waals surface area contributed by atoms with E-state index in [1.165, 1.54) is 5.01 Å². The Bertz CT molecular complexity index is 908. The van der Waals surface area contributed by atoms with Crippen molar-refractivity contribution in [3.63, 3.8) is 0 Å². The smallest absolute Gasteiger partial charge is 0.166 e. The molecule has 7 heteroatoms. The molecule has 0 amide bonds. The molecule has 0 fully saturated rings. The van der Waals surface area contributed by atoms with Gasteiger partial charge in [-0.1, -0.05) is 17.3 Å². The average molecular weight is 322 g/mol. The molecule has 0 atom stereocenters. The number of nitrogen functional groups attached to an aromatic ring is 1. The largest absolute Gasteiger partial charge is 0.411 e. The van der Waals surface area contributed by atoms with Crippen molar-refractivity contribution in [3.05, 3.63) is 59.9 Å². The van der Waals surface area contributed by atoms with Crippen LogP contribution in [0.1, 0.15) is 18.2 Å². The monoisotopic (exact) mass is 322 g/mol. The molecule has 0 aliphatic heterocycles. The summed E-state index contributed by atoms with van der Waals surface area (Å²) in [6.07, 6.45) is 1.76. The second kappa shape index (κ2) is 6.51. The quantitative estimate of drug-likeness (QED) is 0.294. The van der Waals surface area contributed by atoms with E-state index in [1.807, 2.05) is 30.3 Å². The minimum atomic E-state index is 0.390. The molecule has 2 aromatic heterocycles.